The first-order chi connectivity index (χ1) is 22.3. The fourth-order valence-electron chi connectivity index (χ4n) is 5.66. The van der Waals surface area contributed by atoms with Crippen molar-refractivity contribution in [3.63, 3.8) is 0 Å². The average Bonchev–Trinajstić information content (AvgIpc) is 3.07. The van der Waals surface area contributed by atoms with Crippen LogP contribution in [0.25, 0.3) is 33.4 Å². The largest absolute Gasteiger partial charge is 0.383 e. The van der Waals surface area contributed by atoms with Crippen LogP contribution in [-0.4, -0.2) is 35.0 Å². The van der Waals surface area contributed by atoms with Crippen LogP contribution in [0.5, 0.6) is 0 Å². The van der Waals surface area contributed by atoms with Crippen molar-refractivity contribution >= 4 is 23.7 Å². The molecule has 3 heterocycles. The molecule has 0 bridgehead atoms. The zero-order valence-electron chi connectivity index (χ0n) is 25.3. The van der Waals surface area contributed by atoms with Gasteiger partial charge < -0.3 is 20.4 Å². The molecule has 0 unspecified atom stereocenters. The van der Waals surface area contributed by atoms with Crippen LogP contribution >= 0.6 is 0 Å². The van der Waals surface area contributed by atoms with Gasteiger partial charge in [0.05, 0.1) is 5.56 Å². The summed E-state index contributed by atoms with van der Waals surface area (Å²) in [5.41, 5.74) is 11.2. The monoisotopic (exact) mass is 616 g/mol. The molecule has 46 heavy (non-hydrogen) atoms. The van der Waals surface area contributed by atoms with Gasteiger partial charge >= 0.3 is 0 Å². The molecule has 9 heteroatoms. The number of nitrogens with two attached hydrogens (primary N) is 1. The lowest BCUT2D eigenvalue weighted by atomic mass is 9.99. The first-order valence-electron chi connectivity index (χ1n) is 15.1. The lowest BCUT2D eigenvalue weighted by Crippen LogP contribution is -2.26. The molecule has 0 radical (unpaired) electrons. The normalized spacial score (nSPS) is 13.3. The molecule has 1 amide bonds. The molecular weight excluding hydrogens is 583 g/mol. The molecule has 0 atom stereocenters. The lowest BCUT2D eigenvalue weighted by Gasteiger charge is -2.23. The number of hydrogen-bond donors (Lipinski definition) is 2. The van der Waals surface area contributed by atoms with Gasteiger partial charge in [-0.15, -0.1) is 0 Å². The first kappa shape index (κ1) is 30.6. The number of aryl methyl sites for hydroxylation is 1. The first-order valence-corrected chi connectivity index (χ1v) is 15.1. The van der Waals surface area contributed by atoms with Gasteiger partial charge in [-0.1, -0.05) is 48.0 Å². The van der Waals surface area contributed by atoms with Gasteiger partial charge in [0.1, 0.15) is 17.2 Å². The Labute approximate surface area is 265 Å². The molecule has 1 fully saturated rings. The number of nitrogens with zero attached hydrogens (tertiary/aromatic N) is 2. The highest BCUT2D eigenvalue weighted by atomic mass is 19.1. The van der Waals surface area contributed by atoms with Gasteiger partial charge in [0.25, 0.3) is 5.91 Å². The number of benzene rings is 3. The molecule has 3 N–H and O–H groups in total. The van der Waals surface area contributed by atoms with E-state index in [0.29, 0.717) is 59.9 Å². The number of carbonyl (C=O) groups is 2. The maximum absolute atomic E-state index is 14.2. The fourth-order valence-corrected chi connectivity index (χ4v) is 5.66. The Morgan fingerprint density at radius 2 is 1.63 bits per heavy atom. The third kappa shape index (κ3) is 6.64. The van der Waals surface area contributed by atoms with Crippen LogP contribution in [0.15, 0.2) is 96.2 Å². The Morgan fingerprint density at radius 1 is 0.957 bits per heavy atom. The number of nitrogen functional groups attached to an aromatic ring is 1. The van der Waals surface area contributed by atoms with Crippen molar-refractivity contribution in [3.8, 4) is 33.4 Å². The number of carbonyl (C=O) groups excluding carboxylic acids is 2. The molecule has 1 saturated heterocycles. The summed E-state index contributed by atoms with van der Waals surface area (Å²) >= 11 is 0. The molecule has 0 aliphatic carbocycles. The Bertz CT molecular complexity index is 1960. The number of nitrogens with one attached hydrogen (secondary N) is 1. The maximum Gasteiger partial charge on any atom is 0.261 e. The van der Waals surface area contributed by atoms with Crippen LogP contribution in [0, 0.1) is 18.7 Å². The van der Waals surface area contributed by atoms with Crippen molar-refractivity contribution in [2.75, 3.05) is 24.3 Å². The number of anilines is 2. The number of aromatic nitrogens is 2. The van der Waals surface area contributed by atoms with E-state index in [1.807, 2.05) is 42.0 Å². The van der Waals surface area contributed by atoms with Gasteiger partial charge in [-0.3, -0.25) is 14.4 Å². The topological polar surface area (TPSA) is 116 Å². The fraction of sp³-hybridized carbons (Fsp3) is 0.189. The Balaban J connectivity index is 1.27. The van der Waals surface area contributed by atoms with Crippen LogP contribution in [-0.2, 0) is 11.3 Å². The van der Waals surface area contributed by atoms with Gasteiger partial charge in [0.2, 0.25) is 5.43 Å². The summed E-state index contributed by atoms with van der Waals surface area (Å²) < 4.78 is 21.7. The predicted octanol–water partition coefficient (Wildman–Crippen LogP) is 6.77. The third-order valence-electron chi connectivity index (χ3n) is 8.33. The van der Waals surface area contributed by atoms with E-state index >= 15 is 0 Å². The molecule has 2 aromatic heterocycles. The number of pyridine rings is 2. The van der Waals surface area contributed by atoms with Gasteiger partial charge in [-0.25, -0.2) is 9.37 Å². The smallest absolute Gasteiger partial charge is 0.261 e. The molecule has 8 nitrogen and oxygen atoms in total. The minimum absolute atomic E-state index is 0.0230. The van der Waals surface area contributed by atoms with Crippen LogP contribution in [0.1, 0.15) is 39.1 Å². The number of rotatable bonds is 8. The van der Waals surface area contributed by atoms with Gasteiger partial charge in [0, 0.05) is 60.7 Å². The Kier molecular flexibility index (Phi) is 8.85. The molecular formula is C37H33FN4O4. The molecule has 0 spiro atoms. The van der Waals surface area contributed by atoms with Crippen molar-refractivity contribution < 1.29 is 18.7 Å². The van der Waals surface area contributed by atoms with Crippen LogP contribution in [0.3, 0.4) is 0 Å². The van der Waals surface area contributed by atoms with E-state index in [-0.39, 0.29) is 22.4 Å². The Hall–Kier alpha value is -5.41. The second-order valence-electron chi connectivity index (χ2n) is 11.6. The SMILES string of the molecule is Cc1ccc(-c2cn(CC3CCOCC3)cc(C(=O)Nc3ccc(-c4cc(-c5ccc(C=O)c(F)c5)cnc4N)cc3)c2=O)cc1. The van der Waals surface area contributed by atoms with Crippen molar-refractivity contribution in [1.29, 1.82) is 0 Å². The molecule has 1 aliphatic rings. The number of amides is 1. The van der Waals surface area contributed by atoms with Crippen molar-refractivity contribution in [2.24, 2.45) is 5.92 Å². The minimum atomic E-state index is -0.620. The van der Waals surface area contributed by atoms with Crippen LogP contribution in [0.2, 0.25) is 0 Å². The summed E-state index contributed by atoms with van der Waals surface area (Å²) in [5.74, 6) is -0.452. The maximum atomic E-state index is 14.2. The standard InChI is InChI=1S/C37H33FN4O4/c1-23-2-4-26(5-3-23)32-20-42(19-24-12-14-46-15-13-24)21-33(35(32)44)37(45)41-30-10-8-25(9-11-30)31-16-29(18-40-36(31)39)27-6-7-28(22-43)34(38)17-27/h2-11,16-18,20-22,24H,12-15,19H2,1H3,(H2,39,40)(H,41,45). The van der Waals surface area contributed by atoms with E-state index < -0.39 is 11.7 Å². The second-order valence-corrected chi connectivity index (χ2v) is 11.6. The summed E-state index contributed by atoms with van der Waals surface area (Å²) in [4.78, 5) is 42.5. The summed E-state index contributed by atoms with van der Waals surface area (Å²) in [5, 5.41) is 2.88. The highest BCUT2D eigenvalue weighted by Crippen LogP contribution is 2.31. The zero-order valence-corrected chi connectivity index (χ0v) is 25.3. The number of hydrogen-bond acceptors (Lipinski definition) is 6. The van der Waals surface area contributed by atoms with Gasteiger partial charge in [-0.2, -0.15) is 0 Å². The highest BCUT2D eigenvalue weighted by molar-refractivity contribution is 6.04. The minimum Gasteiger partial charge on any atom is -0.383 e. The second kappa shape index (κ2) is 13.3. The highest BCUT2D eigenvalue weighted by Gasteiger charge is 2.20. The quantitative estimate of drug-likeness (QED) is 0.186. The third-order valence-corrected chi connectivity index (χ3v) is 8.33. The summed E-state index contributed by atoms with van der Waals surface area (Å²) in [6, 6.07) is 20.9. The molecule has 1 aliphatic heterocycles. The van der Waals surface area contributed by atoms with Gasteiger partial charge in [-0.05, 0) is 72.7 Å². The van der Waals surface area contributed by atoms with Crippen molar-refractivity contribution in [3.05, 3.63) is 124 Å². The van der Waals surface area contributed by atoms with Crippen LogP contribution in [0.4, 0.5) is 15.9 Å². The van der Waals surface area contributed by atoms with Crippen LogP contribution < -0.4 is 16.5 Å². The Morgan fingerprint density at radius 3 is 2.33 bits per heavy atom. The van der Waals surface area contributed by atoms with E-state index in [9.17, 15) is 18.8 Å². The van der Waals surface area contributed by atoms with Crippen molar-refractivity contribution in [2.45, 2.75) is 26.3 Å². The lowest BCUT2D eigenvalue weighted by molar-refractivity contribution is 0.0612. The molecule has 6 rings (SSSR count). The average molecular weight is 617 g/mol. The van der Waals surface area contributed by atoms with E-state index in [1.54, 1.807) is 48.8 Å². The molecule has 0 saturated carbocycles. The summed E-state index contributed by atoms with van der Waals surface area (Å²) in [6.07, 6.45) is 7.34. The van der Waals surface area contributed by atoms with E-state index in [4.69, 9.17) is 10.5 Å². The molecule has 232 valence electrons. The number of ether oxygens (including phenoxy) is 1. The van der Waals surface area contributed by atoms with E-state index in [0.717, 1.165) is 29.5 Å². The van der Waals surface area contributed by atoms with Crippen molar-refractivity contribution in [1.82, 2.24) is 9.55 Å². The predicted molar refractivity (Wildman–Crippen MR) is 177 cm³/mol. The number of halogens is 1. The summed E-state index contributed by atoms with van der Waals surface area (Å²) in [6.45, 7) is 4.08. The summed E-state index contributed by atoms with van der Waals surface area (Å²) in [7, 11) is 0. The zero-order chi connectivity index (χ0) is 32.2. The van der Waals surface area contributed by atoms with Gasteiger partial charge in [0.15, 0.2) is 6.29 Å². The molecule has 5 aromatic rings. The molecule has 3 aromatic carbocycles. The van der Waals surface area contributed by atoms with E-state index in [1.165, 1.54) is 12.1 Å². The number of aldehydes is 1. The van der Waals surface area contributed by atoms with E-state index in [2.05, 4.69) is 10.3 Å².